The second kappa shape index (κ2) is 5.73. The van der Waals surface area contributed by atoms with Gasteiger partial charge in [0, 0.05) is 32.0 Å². The fourth-order valence-electron chi connectivity index (χ4n) is 2.08. The highest BCUT2D eigenvalue weighted by Crippen LogP contribution is 2.29. The van der Waals surface area contributed by atoms with Crippen LogP contribution in [-0.4, -0.2) is 30.6 Å². The topological polar surface area (TPSA) is 66.8 Å². The number of hydrogen-bond acceptors (Lipinski definition) is 3. The summed E-state index contributed by atoms with van der Waals surface area (Å²) in [5.74, 6) is -0.0549. The highest BCUT2D eigenvalue weighted by atomic mass is 16.5. The molecule has 0 saturated heterocycles. The second-order valence-corrected chi connectivity index (χ2v) is 4.59. The zero-order valence-electron chi connectivity index (χ0n) is 10.9. The number of nitrogens with zero attached hydrogens (tertiary/aromatic N) is 1. The first-order chi connectivity index (χ1) is 9.08. The molecule has 0 saturated carbocycles. The number of carboxylic acids is 1. The quantitative estimate of drug-likeness (QED) is 0.880. The lowest BCUT2D eigenvalue weighted by Crippen LogP contribution is -2.26. The first-order valence-electron chi connectivity index (χ1n) is 6.32. The molecule has 5 heteroatoms. The minimum absolute atomic E-state index is 0.0254. The summed E-state index contributed by atoms with van der Waals surface area (Å²) < 4.78 is 5.42. The van der Waals surface area contributed by atoms with E-state index in [-0.39, 0.29) is 18.7 Å². The molecule has 0 fully saturated rings. The standard InChI is InChI=1S/C14H17NO4/c1-15(13(16)3-2-4-14(17)18)11-5-6-12-10(9-11)7-8-19-12/h5-6,9H,2-4,7-8H2,1H3,(H,17,18). The van der Waals surface area contributed by atoms with Crippen LogP contribution < -0.4 is 9.64 Å². The zero-order chi connectivity index (χ0) is 13.8. The Labute approximate surface area is 111 Å². The average Bonchev–Trinajstić information content (AvgIpc) is 2.84. The number of fused-ring (bicyclic) bond motifs is 1. The smallest absolute Gasteiger partial charge is 0.303 e. The van der Waals surface area contributed by atoms with E-state index in [2.05, 4.69) is 0 Å². The molecule has 1 aliphatic heterocycles. The van der Waals surface area contributed by atoms with Crippen LogP contribution in [0.15, 0.2) is 18.2 Å². The number of aliphatic carboxylic acids is 1. The molecule has 0 aliphatic carbocycles. The van der Waals surface area contributed by atoms with Crippen LogP contribution in [0.4, 0.5) is 5.69 Å². The fraction of sp³-hybridized carbons (Fsp3) is 0.429. The van der Waals surface area contributed by atoms with Gasteiger partial charge in [-0.05, 0) is 30.2 Å². The van der Waals surface area contributed by atoms with Crippen LogP contribution >= 0.6 is 0 Å². The molecule has 19 heavy (non-hydrogen) atoms. The van der Waals surface area contributed by atoms with Crippen molar-refractivity contribution in [1.29, 1.82) is 0 Å². The summed E-state index contributed by atoms with van der Waals surface area (Å²) in [7, 11) is 1.71. The molecule has 1 heterocycles. The molecule has 0 radical (unpaired) electrons. The van der Waals surface area contributed by atoms with E-state index in [1.807, 2.05) is 18.2 Å². The van der Waals surface area contributed by atoms with Gasteiger partial charge in [-0.1, -0.05) is 0 Å². The first-order valence-corrected chi connectivity index (χ1v) is 6.32. The summed E-state index contributed by atoms with van der Waals surface area (Å²) in [5, 5.41) is 8.55. The Morgan fingerprint density at radius 2 is 2.16 bits per heavy atom. The molecule has 0 bridgehead atoms. The van der Waals surface area contributed by atoms with Gasteiger partial charge in [0.25, 0.3) is 0 Å². The number of ether oxygens (including phenoxy) is 1. The van der Waals surface area contributed by atoms with Crippen molar-refractivity contribution in [3.05, 3.63) is 23.8 Å². The van der Waals surface area contributed by atoms with E-state index in [0.29, 0.717) is 13.0 Å². The van der Waals surface area contributed by atoms with Gasteiger partial charge < -0.3 is 14.7 Å². The van der Waals surface area contributed by atoms with E-state index in [0.717, 1.165) is 23.4 Å². The molecule has 0 spiro atoms. The van der Waals surface area contributed by atoms with Crippen LogP contribution in [0.3, 0.4) is 0 Å². The summed E-state index contributed by atoms with van der Waals surface area (Å²) >= 11 is 0. The van der Waals surface area contributed by atoms with Crippen LogP contribution in [0.25, 0.3) is 0 Å². The van der Waals surface area contributed by atoms with E-state index in [9.17, 15) is 9.59 Å². The molecule has 102 valence electrons. The summed E-state index contributed by atoms with van der Waals surface area (Å²) in [6, 6.07) is 5.68. The predicted octanol–water partition coefficient (Wildman–Crippen LogP) is 1.84. The Bertz CT molecular complexity index is 498. The number of carbonyl (C=O) groups excluding carboxylic acids is 1. The van der Waals surface area contributed by atoms with Crippen molar-refractivity contribution in [2.24, 2.45) is 0 Å². The summed E-state index contributed by atoms with van der Waals surface area (Å²) in [5.41, 5.74) is 1.94. The Morgan fingerprint density at radius 3 is 2.89 bits per heavy atom. The number of carbonyl (C=O) groups is 2. The summed E-state index contributed by atoms with van der Waals surface area (Å²) in [4.78, 5) is 23.9. The molecule has 1 aliphatic rings. The molecular weight excluding hydrogens is 246 g/mol. The molecule has 1 amide bonds. The molecule has 1 aromatic carbocycles. The average molecular weight is 263 g/mol. The van der Waals surface area contributed by atoms with E-state index in [1.54, 1.807) is 11.9 Å². The maximum atomic E-state index is 11.9. The molecular formula is C14H17NO4. The van der Waals surface area contributed by atoms with Gasteiger partial charge in [-0.3, -0.25) is 9.59 Å². The van der Waals surface area contributed by atoms with Crippen molar-refractivity contribution in [3.8, 4) is 5.75 Å². The Hall–Kier alpha value is -2.04. The van der Waals surface area contributed by atoms with Crippen LogP contribution in [-0.2, 0) is 16.0 Å². The molecule has 2 rings (SSSR count). The van der Waals surface area contributed by atoms with Crippen molar-refractivity contribution in [1.82, 2.24) is 0 Å². The summed E-state index contributed by atoms with van der Waals surface area (Å²) in [6.07, 6.45) is 1.50. The number of anilines is 1. The van der Waals surface area contributed by atoms with E-state index >= 15 is 0 Å². The molecule has 1 aromatic rings. The van der Waals surface area contributed by atoms with E-state index in [1.165, 1.54) is 0 Å². The maximum absolute atomic E-state index is 11.9. The number of benzene rings is 1. The molecule has 1 N–H and O–H groups in total. The van der Waals surface area contributed by atoms with Gasteiger partial charge in [0.15, 0.2) is 0 Å². The highest BCUT2D eigenvalue weighted by Gasteiger charge is 2.16. The molecule has 0 atom stereocenters. The monoisotopic (exact) mass is 263 g/mol. The summed E-state index contributed by atoms with van der Waals surface area (Å²) in [6.45, 7) is 0.690. The van der Waals surface area contributed by atoms with E-state index < -0.39 is 5.97 Å². The number of carboxylic acid groups (broad SMARTS) is 1. The van der Waals surface area contributed by atoms with Gasteiger partial charge in [0.2, 0.25) is 5.91 Å². The van der Waals surface area contributed by atoms with Gasteiger partial charge in [-0.15, -0.1) is 0 Å². The fourth-order valence-corrected chi connectivity index (χ4v) is 2.08. The van der Waals surface area contributed by atoms with E-state index in [4.69, 9.17) is 9.84 Å². The van der Waals surface area contributed by atoms with Crippen molar-refractivity contribution in [3.63, 3.8) is 0 Å². The zero-order valence-corrected chi connectivity index (χ0v) is 10.9. The number of hydrogen-bond donors (Lipinski definition) is 1. The Morgan fingerprint density at radius 1 is 1.37 bits per heavy atom. The van der Waals surface area contributed by atoms with Crippen LogP contribution in [0, 0.1) is 0 Å². The normalized spacial score (nSPS) is 12.7. The van der Waals surface area contributed by atoms with Gasteiger partial charge >= 0.3 is 5.97 Å². The van der Waals surface area contributed by atoms with Crippen molar-refractivity contribution >= 4 is 17.6 Å². The van der Waals surface area contributed by atoms with Crippen LogP contribution in [0.5, 0.6) is 5.75 Å². The Kier molecular flexibility index (Phi) is 4.04. The lowest BCUT2D eigenvalue weighted by Gasteiger charge is -2.18. The van der Waals surface area contributed by atoms with Gasteiger partial charge in [0.05, 0.1) is 6.61 Å². The van der Waals surface area contributed by atoms with Crippen LogP contribution in [0.1, 0.15) is 24.8 Å². The first kappa shape index (κ1) is 13.4. The SMILES string of the molecule is CN(C(=O)CCCC(=O)O)c1ccc2c(c1)CCO2. The third kappa shape index (κ3) is 3.24. The van der Waals surface area contributed by atoms with Gasteiger partial charge in [-0.2, -0.15) is 0 Å². The highest BCUT2D eigenvalue weighted by molar-refractivity contribution is 5.93. The number of amides is 1. The van der Waals surface area contributed by atoms with Crippen molar-refractivity contribution in [2.75, 3.05) is 18.6 Å². The maximum Gasteiger partial charge on any atom is 0.303 e. The van der Waals surface area contributed by atoms with Gasteiger partial charge in [-0.25, -0.2) is 0 Å². The van der Waals surface area contributed by atoms with Crippen molar-refractivity contribution in [2.45, 2.75) is 25.7 Å². The van der Waals surface area contributed by atoms with Crippen LogP contribution in [0.2, 0.25) is 0 Å². The second-order valence-electron chi connectivity index (χ2n) is 4.59. The third-order valence-corrected chi connectivity index (χ3v) is 3.22. The molecule has 0 aromatic heterocycles. The minimum atomic E-state index is -0.870. The number of rotatable bonds is 5. The molecule has 5 nitrogen and oxygen atoms in total. The van der Waals surface area contributed by atoms with Gasteiger partial charge in [0.1, 0.15) is 5.75 Å². The third-order valence-electron chi connectivity index (χ3n) is 3.22. The minimum Gasteiger partial charge on any atom is -0.493 e. The lowest BCUT2D eigenvalue weighted by atomic mass is 10.1. The lowest BCUT2D eigenvalue weighted by molar-refractivity contribution is -0.137. The largest absolute Gasteiger partial charge is 0.493 e. The molecule has 0 unspecified atom stereocenters. The van der Waals surface area contributed by atoms with Crippen molar-refractivity contribution < 1.29 is 19.4 Å². The Balaban J connectivity index is 1.97. The predicted molar refractivity (Wildman–Crippen MR) is 70.5 cm³/mol.